The summed E-state index contributed by atoms with van der Waals surface area (Å²) in [5, 5.41) is 6.25. The van der Waals surface area contributed by atoms with Crippen LogP contribution in [0.1, 0.15) is 63.0 Å². The molecule has 4 heteroatoms. The summed E-state index contributed by atoms with van der Waals surface area (Å²) in [4.78, 5) is 15.2. The van der Waals surface area contributed by atoms with Gasteiger partial charge in [0, 0.05) is 30.4 Å². The topological polar surface area (TPSA) is 44.4 Å². The van der Waals surface area contributed by atoms with Crippen LogP contribution in [0.15, 0.2) is 54.6 Å². The van der Waals surface area contributed by atoms with E-state index in [1.54, 1.807) is 0 Å². The summed E-state index contributed by atoms with van der Waals surface area (Å²) in [6, 6.07) is 20.2. The first-order valence-electron chi connectivity index (χ1n) is 11.1. The zero-order valence-electron chi connectivity index (χ0n) is 17.6. The van der Waals surface area contributed by atoms with Crippen LogP contribution < -0.4 is 10.6 Å². The van der Waals surface area contributed by atoms with Gasteiger partial charge in [0.1, 0.15) is 0 Å². The van der Waals surface area contributed by atoms with Gasteiger partial charge in [-0.2, -0.15) is 0 Å². The smallest absolute Gasteiger partial charge is 0.319 e. The normalized spacial score (nSPS) is 24.3. The minimum atomic E-state index is -0.0816. The van der Waals surface area contributed by atoms with Gasteiger partial charge >= 0.3 is 6.03 Å². The number of rotatable bonds is 5. The lowest BCUT2D eigenvalue weighted by Crippen LogP contribution is -2.56. The van der Waals surface area contributed by atoms with Gasteiger partial charge in [-0.3, -0.25) is 4.90 Å². The minimum absolute atomic E-state index is 0.0816. The first-order valence-corrected chi connectivity index (χ1v) is 11.1. The highest BCUT2D eigenvalue weighted by Crippen LogP contribution is 2.35. The van der Waals surface area contributed by atoms with Gasteiger partial charge in [0.05, 0.1) is 0 Å². The van der Waals surface area contributed by atoms with E-state index in [0.29, 0.717) is 18.0 Å². The van der Waals surface area contributed by atoms with Gasteiger partial charge in [-0.15, -0.1) is 0 Å². The second-order valence-corrected chi connectivity index (χ2v) is 8.94. The number of hydrogen-bond donors (Lipinski definition) is 2. The van der Waals surface area contributed by atoms with E-state index >= 15 is 0 Å². The van der Waals surface area contributed by atoms with Gasteiger partial charge in [-0.1, -0.05) is 62.7 Å². The zero-order valence-corrected chi connectivity index (χ0v) is 17.6. The van der Waals surface area contributed by atoms with Crippen LogP contribution in [0.4, 0.5) is 10.5 Å². The molecule has 2 aliphatic heterocycles. The van der Waals surface area contributed by atoms with E-state index in [1.165, 1.54) is 30.4 Å². The Kier molecular flexibility index (Phi) is 6.19. The molecule has 0 spiro atoms. The molecule has 0 saturated carbocycles. The van der Waals surface area contributed by atoms with Crippen LogP contribution in [0.25, 0.3) is 0 Å². The fourth-order valence-corrected chi connectivity index (χ4v) is 4.95. The predicted molar refractivity (Wildman–Crippen MR) is 119 cm³/mol. The lowest BCUT2D eigenvalue weighted by molar-refractivity contribution is 0.0200. The van der Waals surface area contributed by atoms with Crippen LogP contribution >= 0.6 is 0 Å². The second-order valence-electron chi connectivity index (χ2n) is 8.94. The second kappa shape index (κ2) is 9.00. The summed E-state index contributed by atoms with van der Waals surface area (Å²) < 4.78 is 0. The number of carbonyl (C=O) groups excluding carboxylic acids is 1. The highest BCUT2D eigenvalue weighted by atomic mass is 16.2. The van der Waals surface area contributed by atoms with Crippen molar-refractivity contribution in [1.82, 2.24) is 10.2 Å². The van der Waals surface area contributed by atoms with Gasteiger partial charge < -0.3 is 10.6 Å². The maximum absolute atomic E-state index is 12.6. The van der Waals surface area contributed by atoms with Gasteiger partial charge in [-0.25, -0.2) is 4.79 Å². The summed E-state index contributed by atoms with van der Waals surface area (Å²) in [6.07, 6.45) is 5.87. The number of piperidine rings is 2. The number of carbonyl (C=O) groups is 1. The molecule has 4 nitrogen and oxygen atoms in total. The molecule has 2 amide bonds. The van der Waals surface area contributed by atoms with Crippen LogP contribution in [-0.4, -0.2) is 29.1 Å². The van der Waals surface area contributed by atoms with Crippen molar-refractivity contribution < 1.29 is 4.79 Å². The standard InChI is InChI=1S/C25H33N3O/c1-18(2)20-11-13-21(14-12-20)26-25(29)27-22-15-23-9-6-10-24(16-22)28(23)17-19-7-4-3-5-8-19/h3-5,7-8,11-14,18,22-24H,6,9-10,15-17H2,1-2H3,(H2,26,27,29)/t23-,24-/m1/s1. The van der Waals surface area contributed by atoms with Crippen LogP contribution in [0, 0.1) is 0 Å². The Morgan fingerprint density at radius 1 is 1.00 bits per heavy atom. The molecule has 0 radical (unpaired) electrons. The van der Waals surface area contributed by atoms with Crippen LogP contribution in [0.5, 0.6) is 0 Å². The van der Waals surface area contributed by atoms with Crippen molar-refractivity contribution in [2.45, 2.75) is 76.5 Å². The third-order valence-corrected chi connectivity index (χ3v) is 6.50. The third-order valence-electron chi connectivity index (χ3n) is 6.50. The fourth-order valence-electron chi connectivity index (χ4n) is 4.95. The van der Waals surface area contributed by atoms with E-state index in [0.717, 1.165) is 25.1 Å². The highest BCUT2D eigenvalue weighted by molar-refractivity contribution is 5.89. The molecule has 0 unspecified atom stereocenters. The molecule has 2 heterocycles. The monoisotopic (exact) mass is 391 g/mol. The molecule has 154 valence electrons. The average Bonchev–Trinajstić information content (AvgIpc) is 2.69. The van der Waals surface area contributed by atoms with E-state index in [2.05, 4.69) is 71.8 Å². The Morgan fingerprint density at radius 3 is 2.28 bits per heavy atom. The Hall–Kier alpha value is -2.33. The van der Waals surface area contributed by atoms with Crippen molar-refractivity contribution in [3.8, 4) is 0 Å². The number of amides is 2. The van der Waals surface area contributed by atoms with Crippen molar-refractivity contribution in [1.29, 1.82) is 0 Å². The number of fused-ring (bicyclic) bond motifs is 2. The molecule has 2 aromatic carbocycles. The quantitative estimate of drug-likeness (QED) is 0.705. The number of benzene rings is 2. The Labute approximate surface area is 174 Å². The van der Waals surface area contributed by atoms with Gasteiger partial charge in [-0.05, 0) is 54.9 Å². The van der Waals surface area contributed by atoms with Crippen molar-refractivity contribution >= 4 is 11.7 Å². The number of anilines is 1. The van der Waals surface area contributed by atoms with E-state index in [9.17, 15) is 4.79 Å². The predicted octanol–water partition coefficient (Wildman–Crippen LogP) is 5.52. The van der Waals surface area contributed by atoms with Crippen LogP contribution in [-0.2, 0) is 6.54 Å². The van der Waals surface area contributed by atoms with Gasteiger partial charge in [0.2, 0.25) is 0 Å². The Morgan fingerprint density at radius 2 is 1.66 bits per heavy atom. The number of nitrogens with one attached hydrogen (secondary N) is 2. The molecule has 0 aromatic heterocycles. The third kappa shape index (κ3) is 4.99. The largest absolute Gasteiger partial charge is 0.335 e. The zero-order chi connectivity index (χ0) is 20.2. The molecule has 29 heavy (non-hydrogen) atoms. The van der Waals surface area contributed by atoms with Crippen molar-refractivity contribution in [2.75, 3.05) is 5.32 Å². The number of urea groups is 1. The van der Waals surface area contributed by atoms with Crippen molar-refractivity contribution in [2.24, 2.45) is 0 Å². The molecule has 4 rings (SSSR count). The van der Waals surface area contributed by atoms with E-state index < -0.39 is 0 Å². The van der Waals surface area contributed by atoms with E-state index in [4.69, 9.17) is 0 Å². The lowest BCUT2D eigenvalue weighted by atomic mass is 9.81. The Balaban J connectivity index is 1.33. The summed E-state index contributed by atoms with van der Waals surface area (Å²) in [6.45, 7) is 5.38. The molecule has 2 aliphatic rings. The SMILES string of the molecule is CC(C)c1ccc(NC(=O)NC2C[C@H]3CCC[C@H](C2)N3Cc2ccccc2)cc1. The molecule has 2 aromatic rings. The minimum Gasteiger partial charge on any atom is -0.335 e. The molecular formula is C25H33N3O. The summed E-state index contributed by atoms with van der Waals surface area (Å²) in [5.74, 6) is 0.498. The summed E-state index contributed by atoms with van der Waals surface area (Å²) >= 11 is 0. The maximum Gasteiger partial charge on any atom is 0.319 e. The highest BCUT2D eigenvalue weighted by Gasteiger charge is 2.38. The molecule has 2 saturated heterocycles. The maximum atomic E-state index is 12.6. The molecule has 0 aliphatic carbocycles. The number of nitrogens with zero attached hydrogens (tertiary/aromatic N) is 1. The van der Waals surface area contributed by atoms with E-state index in [-0.39, 0.29) is 12.1 Å². The average molecular weight is 392 g/mol. The first-order chi connectivity index (χ1) is 14.1. The molecule has 2 N–H and O–H groups in total. The van der Waals surface area contributed by atoms with Crippen LogP contribution in [0.3, 0.4) is 0 Å². The van der Waals surface area contributed by atoms with E-state index in [1.807, 2.05) is 12.1 Å². The molecule has 2 atom stereocenters. The molecule has 2 fully saturated rings. The summed E-state index contributed by atoms with van der Waals surface area (Å²) in [7, 11) is 0. The Bertz CT molecular complexity index is 789. The van der Waals surface area contributed by atoms with Crippen molar-refractivity contribution in [3.63, 3.8) is 0 Å². The summed E-state index contributed by atoms with van der Waals surface area (Å²) in [5.41, 5.74) is 3.53. The fraction of sp³-hybridized carbons (Fsp3) is 0.480. The lowest BCUT2D eigenvalue weighted by Gasteiger charge is -2.49. The number of hydrogen-bond acceptors (Lipinski definition) is 2. The van der Waals surface area contributed by atoms with Crippen molar-refractivity contribution in [3.05, 3.63) is 65.7 Å². The first kappa shape index (κ1) is 20.0. The van der Waals surface area contributed by atoms with Crippen LogP contribution in [0.2, 0.25) is 0 Å². The molecular weight excluding hydrogens is 358 g/mol. The van der Waals surface area contributed by atoms with Gasteiger partial charge in [0.15, 0.2) is 0 Å². The van der Waals surface area contributed by atoms with Gasteiger partial charge in [0.25, 0.3) is 0 Å². The molecule has 2 bridgehead atoms.